The van der Waals surface area contributed by atoms with E-state index in [2.05, 4.69) is 0 Å². The highest BCUT2D eigenvalue weighted by atomic mass is 16.6. The predicted molar refractivity (Wildman–Crippen MR) is 327 cm³/mol. The number of ether oxygens (including phenoxy) is 13. The van der Waals surface area contributed by atoms with Crippen molar-refractivity contribution >= 4 is 65.7 Å². The summed E-state index contributed by atoms with van der Waals surface area (Å²) in [6, 6.07) is 0. The summed E-state index contributed by atoms with van der Waals surface area (Å²) in [6.45, 7) is 25.2. The number of fused-ring (bicyclic) bond motifs is 18. The first-order valence-electron chi connectivity index (χ1n) is 34.4. The average molecular weight is 1330 g/mol. The molecule has 12 aliphatic rings. The van der Waals surface area contributed by atoms with E-state index >= 15 is 0 Å². The van der Waals surface area contributed by atoms with Crippen LogP contribution < -0.4 is 0 Å². The number of carbonyl (C=O) groups is 11. The highest BCUT2D eigenvalue weighted by molar-refractivity contribution is 5.83. The molecule has 0 aromatic rings. The van der Waals surface area contributed by atoms with Crippen LogP contribution in [0.4, 0.5) is 0 Å². The van der Waals surface area contributed by atoms with Gasteiger partial charge >= 0.3 is 65.7 Å². The molecule has 8 saturated carbocycles. The standard InChI is InChI=1S/C19H28O7.C18H26O7.C17H24O6.C16H24O4/c1-5-19(3,4)18(22)25-9-13(20)26-16-10-7-11(15(16)23-6-2)14-12(10)8-24-17(14)21;1-5-18(2,3)17(21)24-8-12(19)25-15-9-6-10(14(15)22-4)13-11(9)7-23-16(13)20;1-4-17(2,3)16(20)22-8-13(18)23-12-6-9-5-10(12)14-11(9)7-21-15(14)19;1-4-15(2,3)13(17)20-12-8-10-7-11(12)16(9-10)5-6-19-14(16)18/h10-12,14-16H,5-9H2,1-4H3;9-11,13-15H,5-8H2,1-4H3;9-12,14H,4-8H2,1-3H3;10-12H,4-9H2,1-3H3. The Morgan fingerprint density at radius 2 is 0.883 bits per heavy atom. The van der Waals surface area contributed by atoms with E-state index in [4.69, 9.17) is 61.6 Å². The van der Waals surface area contributed by atoms with Gasteiger partial charge in [-0.3, -0.25) is 38.4 Å². The fourth-order valence-electron chi connectivity index (χ4n) is 17.1. The first-order valence-corrected chi connectivity index (χ1v) is 34.4. The van der Waals surface area contributed by atoms with Crippen molar-refractivity contribution in [2.75, 3.05) is 60.0 Å². The monoisotopic (exact) mass is 1330 g/mol. The van der Waals surface area contributed by atoms with E-state index in [9.17, 15) is 52.7 Å². The van der Waals surface area contributed by atoms with E-state index in [1.165, 1.54) is 0 Å². The van der Waals surface area contributed by atoms with Gasteiger partial charge in [-0.05, 0) is 151 Å². The van der Waals surface area contributed by atoms with Crippen LogP contribution in [0.3, 0.4) is 0 Å². The van der Waals surface area contributed by atoms with Crippen LogP contribution in [0.5, 0.6) is 0 Å². The molecule has 0 radical (unpaired) electrons. The van der Waals surface area contributed by atoms with Gasteiger partial charge in [-0.1, -0.05) is 27.7 Å². The fourth-order valence-corrected chi connectivity index (χ4v) is 17.1. The molecule has 0 amide bonds. The molecule has 0 N–H and O–H groups in total. The van der Waals surface area contributed by atoms with Crippen molar-refractivity contribution in [2.45, 2.75) is 204 Å². The van der Waals surface area contributed by atoms with E-state index < -0.39 is 82.9 Å². The number of hydrogen-bond acceptors (Lipinski definition) is 24. The topological polar surface area (TPSA) is 308 Å². The molecule has 94 heavy (non-hydrogen) atoms. The summed E-state index contributed by atoms with van der Waals surface area (Å²) >= 11 is 0. The van der Waals surface area contributed by atoms with Gasteiger partial charge < -0.3 is 61.6 Å². The second kappa shape index (κ2) is 28.7. The lowest BCUT2D eigenvalue weighted by atomic mass is 9.71. The first kappa shape index (κ1) is 72.4. The van der Waals surface area contributed by atoms with Crippen molar-refractivity contribution in [3.05, 3.63) is 0 Å². The van der Waals surface area contributed by atoms with Crippen molar-refractivity contribution in [3.8, 4) is 0 Å². The molecule has 12 fully saturated rings. The molecule has 4 heterocycles. The van der Waals surface area contributed by atoms with Gasteiger partial charge in [-0.2, -0.15) is 0 Å². The van der Waals surface area contributed by atoms with Crippen LogP contribution in [-0.4, -0.2) is 162 Å². The zero-order valence-electron chi connectivity index (χ0n) is 57.5. The molecule has 1 spiro atoms. The SMILES string of the molecule is CCC(C)(C)C(=O)OC1CC2CC1C1(CCOC1=O)C2.CCC(C)(C)C(=O)OCC(=O)OC1C2CC(C1OC)C1C(=O)OCC21.CCC(C)(C)C(=O)OCC(=O)OC1CC2CC1C1C(=O)OCC21.CCOC1C2CC(C3COC(=O)C32)C1OC(=O)COC(=O)C(C)(C)CC. The third kappa shape index (κ3) is 14.3. The van der Waals surface area contributed by atoms with Crippen LogP contribution in [0, 0.1) is 110 Å². The van der Waals surface area contributed by atoms with Crippen LogP contribution in [0.15, 0.2) is 0 Å². The number of rotatable bonds is 21. The molecule has 8 aliphatic carbocycles. The van der Waals surface area contributed by atoms with E-state index in [0.29, 0.717) is 70.1 Å². The molecule has 0 aromatic heterocycles. The highest BCUT2D eigenvalue weighted by Gasteiger charge is 2.68. The van der Waals surface area contributed by atoms with Gasteiger partial charge in [-0.15, -0.1) is 0 Å². The highest BCUT2D eigenvalue weighted by Crippen LogP contribution is 2.62. The molecule has 12 rings (SSSR count). The van der Waals surface area contributed by atoms with E-state index in [-0.39, 0.29) is 131 Å². The summed E-state index contributed by atoms with van der Waals surface area (Å²) in [5.41, 5.74) is -2.64. The van der Waals surface area contributed by atoms with Crippen LogP contribution >= 0.6 is 0 Å². The maximum absolute atomic E-state index is 12.3. The molecule has 4 aliphatic heterocycles. The Kier molecular flexibility index (Phi) is 22.1. The Morgan fingerprint density at radius 3 is 1.32 bits per heavy atom. The zero-order valence-corrected chi connectivity index (χ0v) is 57.5. The molecular formula is C70H102O24. The van der Waals surface area contributed by atoms with Gasteiger partial charge in [0.2, 0.25) is 0 Å². The summed E-state index contributed by atoms with van der Waals surface area (Å²) in [4.78, 5) is 132. The smallest absolute Gasteiger partial charge is 0.344 e. The summed E-state index contributed by atoms with van der Waals surface area (Å²) in [5.74, 6) is -2.20. The second-order valence-electron chi connectivity index (χ2n) is 30.9. The Balaban J connectivity index is 0.000000148. The normalized spacial score (nSPS) is 36.2. The van der Waals surface area contributed by atoms with Crippen LogP contribution in [0.25, 0.3) is 0 Å². The summed E-state index contributed by atoms with van der Waals surface area (Å²) < 4.78 is 69.8. The Labute approximate surface area is 551 Å². The van der Waals surface area contributed by atoms with E-state index in [0.717, 1.165) is 57.8 Å². The molecule has 0 aromatic carbocycles. The maximum atomic E-state index is 12.3. The van der Waals surface area contributed by atoms with Crippen molar-refractivity contribution in [3.63, 3.8) is 0 Å². The molecule has 8 bridgehead atoms. The summed E-state index contributed by atoms with van der Waals surface area (Å²) in [6.07, 6.45) is 7.82. The number of cyclic esters (lactones) is 4. The van der Waals surface area contributed by atoms with Gasteiger partial charge in [0.1, 0.15) is 24.4 Å². The first-order chi connectivity index (χ1) is 44.3. The van der Waals surface area contributed by atoms with Crippen LogP contribution in [-0.2, 0) is 114 Å². The minimum absolute atomic E-state index is 0.0226. The number of methoxy groups -OCH3 is 1. The van der Waals surface area contributed by atoms with Gasteiger partial charge in [0, 0.05) is 67.0 Å². The van der Waals surface area contributed by atoms with Crippen LogP contribution in [0.2, 0.25) is 0 Å². The average Bonchev–Trinajstić information content (AvgIpc) is 1.60. The minimum Gasteiger partial charge on any atom is -0.465 e. The van der Waals surface area contributed by atoms with Crippen molar-refractivity contribution in [1.82, 2.24) is 0 Å². The quantitative estimate of drug-likeness (QED) is 0.0795. The largest absolute Gasteiger partial charge is 0.465 e. The Morgan fingerprint density at radius 1 is 0.447 bits per heavy atom. The molecule has 21 unspecified atom stereocenters. The number of carbonyl (C=O) groups excluding carboxylic acids is 11. The van der Waals surface area contributed by atoms with Crippen molar-refractivity contribution in [2.24, 2.45) is 110 Å². The summed E-state index contributed by atoms with van der Waals surface area (Å²) in [7, 11) is 1.56. The van der Waals surface area contributed by atoms with Gasteiger partial charge in [0.25, 0.3) is 0 Å². The van der Waals surface area contributed by atoms with Crippen molar-refractivity contribution in [1.29, 1.82) is 0 Å². The molecule has 4 saturated heterocycles. The summed E-state index contributed by atoms with van der Waals surface area (Å²) in [5, 5.41) is 0. The van der Waals surface area contributed by atoms with Crippen LogP contribution in [0.1, 0.15) is 167 Å². The third-order valence-electron chi connectivity index (χ3n) is 24.1. The molecule has 24 heteroatoms. The lowest BCUT2D eigenvalue weighted by molar-refractivity contribution is -0.177. The molecular weight excluding hydrogens is 1220 g/mol. The molecule has 526 valence electrons. The fraction of sp³-hybridized carbons (Fsp3) is 0.843. The molecule has 21 atom stereocenters. The third-order valence-corrected chi connectivity index (χ3v) is 24.1. The lowest BCUT2D eigenvalue weighted by Crippen LogP contribution is -2.46. The Hall–Kier alpha value is -5.91. The van der Waals surface area contributed by atoms with Crippen molar-refractivity contribution < 1.29 is 114 Å². The lowest BCUT2D eigenvalue weighted by Gasteiger charge is -2.36. The van der Waals surface area contributed by atoms with Gasteiger partial charge in [-0.25, -0.2) is 14.4 Å². The Bertz CT molecular complexity index is 2880. The maximum Gasteiger partial charge on any atom is 0.344 e. The molecule has 24 nitrogen and oxygen atoms in total. The predicted octanol–water partition coefficient (Wildman–Crippen LogP) is 7.46. The minimum atomic E-state index is -0.630. The van der Waals surface area contributed by atoms with E-state index in [1.807, 2.05) is 48.5 Å². The number of hydrogen-bond donors (Lipinski definition) is 0. The zero-order chi connectivity index (χ0) is 68.7. The van der Waals surface area contributed by atoms with Gasteiger partial charge in [0.15, 0.2) is 19.8 Å². The second-order valence-corrected chi connectivity index (χ2v) is 30.9. The number of esters is 11. The van der Waals surface area contributed by atoms with E-state index in [1.54, 1.807) is 48.7 Å². The van der Waals surface area contributed by atoms with Gasteiger partial charge in [0.05, 0.1) is 83.5 Å².